The standard InChI is InChI=1S/C20H21FN4/c1-2-12-22-19-13-18(16-6-4-3-5-7-16)24-20(25-19)23-14-15-8-10-17(21)11-9-15/h3-11,13H,2,12,14H2,1H3,(H2,22,23,24,25). The van der Waals surface area contributed by atoms with E-state index in [9.17, 15) is 4.39 Å². The van der Waals surface area contributed by atoms with Gasteiger partial charge in [0.15, 0.2) is 0 Å². The van der Waals surface area contributed by atoms with Gasteiger partial charge in [0.2, 0.25) is 5.95 Å². The van der Waals surface area contributed by atoms with Gasteiger partial charge in [-0.15, -0.1) is 0 Å². The van der Waals surface area contributed by atoms with Crippen LogP contribution < -0.4 is 10.6 Å². The van der Waals surface area contributed by atoms with Crippen molar-refractivity contribution < 1.29 is 4.39 Å². The zero-order chi connectivity index (χ0) is 17.5. The van der Waals surface area contributed by atoms with Gasteiger partial charge in [-0.05, 0) is 24.1 Å². The van der Waals surface area contributed by atoms with Crippen molar-refractivity contribution >= 4 is 11.8 Å². The van der Waals surface area contributed by atoms with Crippen LogP contribution in [0.1, 0.15) is 18.9 Å². The van der Waals surface area contributed by atoms with Gasteiger partial charge in [0, 0.05) is 24.7 Å². The highest BCUT2D eigenvalue weighted by molar-refractivity contribution is 5.64. The third kappa shape index (κ3) is 4.76. The van der Waals surface area contributed by atoms with Crippen LogP contribution in [-0.2, 0) is 6.54 Å². The Morgan fingerprint density at radius 1 is 0.920 bits per heavy atom. The molecule has 0 aliphatic rings. The summed E-state index contributed by atoms with van der Waals surface area (Å²) in [5, 5.41) is 6.53. The van der Waals surface area contributed by atoms with E-state index in [0.717, 1.165) is 35.6 Å². The molecule has 3 aromatic rings. The van der Waals surface area contributed by atoms with Crippen LogP contribution in [0.5, 0.6) is 0 Å². The van der Waals surface area contributed by atoms with Crippen molar-refractivity contribution in [2.45, 2.75) is 19.9 Å². The van der Waals surface area contributed by atoms with Crippen molar-refractivity contribution in [3.63, 3.8) is 0 Å². The van der Waals surface area contributed by atoms with Gasteiger partial charge in [-0.25, -0.2) is 9.37 Å². The molecule has 0 aliphatic heterocycles. The molecule has 0 saturated heterocycles. The number of aromatic nitrogens is 2. The van der Waals surface area contributed by atoms with Gasteiger partial charge in [0.1, 0.15) is 11.6 Å². The van der Waals surface area contributed by atoms with Crippen LogP contribution in [-0.4, -0.2) is 16.5 Å². The summed E-state index contributed by atoms with van der Waals surface area (Å²) in [6.45, 7) is 3.49. The number of anilines is 2. The molecular weight excluding hydrogens is 315 g/mol. The van der Waals surface area contributed by atoms with E-state index in [1.165, 1.54) is 12.1 Å². The molecule has 128 valence electrons. The van der Waals surface area contributed by atoms with Gasteiger partial charge in [0.25, 0.3) is 0 Å². The minimum absolute atomic E-state index is 0.239. The minimum atomic E-state index is -0.239. The SMILES string of the molecule is CCCNc1cc(-c2ccccc2)nc(NCc2ccc(F)cc2)n1. The van der Waals surface area contributed by atoms with E-state index in [1.807, 2.05) is 36.4 Å². The number of nitrogens with one attached hydrogen (secondary N) is 2. The fourth-order valence-electron chi connectivity index (χ4n) is 2.41. The number of hydrogen-bond donors (Lipinski definition) is 2. The van der Waals surface area contributed by atoms with Crippen molar-refractivity contribution in [3.8, 4) is 11.3 Å². The quantitative estimate of drug-likeness (QED) is 0.656. The van der Waals surface area contributed by atoms with Crippen molar-refractivity contribution in [1.29, 1.82) is 0 Å². The molecule has 0 aliphatic carbocycles. The lowest BCUT2D eigenvalue weighted by Gasteiger charge is -2.11. The lowest BCUT2D eigenvalue weighted by Crippen LogP contribution is -2.08. The van der Waals surface area contributed by atoms with Crippen molar-refractivity contribution in [2.75, 3.05) is 17.2 Å². The lowest BCUT2D eigenvalue weighted by atomic mass is 10.1. The van der Waals surface area contributed by atoms with Crippen LogP contribution >= 0.6 is 0 Å². The van der Waals surface area contributed by atoms with Gasteiger partial charge >= 0.3 is 0 Å². The molecule has 5 heteroatoms. The third-order valence-electron chi connectivity index (χ3n) is 3.72. The Kier molecular flexibility index (Phi) is 5.57. The Morgan fingerprint density at radius 3 is 2.40 bits per heavy atom. The zero-order valence-electron chi connectivity index (χ0n) is 14.2. The lowest BCUT2D eigenvalue weighted by molar-refractivity contribution is 0.627. The molecule has 25 heavy (non-hydrogen) atoms. The first-order valence-corrected chi connectivity index (χ1v) is 8.41. The Labute approximate surface area is 147 Å². The van der Waals surface area contributed by atoms with Gasteiger partial charge in [-0.1, -0.05) is 49.4 Å². The monoisotopic (exact) mass is 336 g/mol. The fraction of sp³-hybridized carbons (Fsp3) is 0.200. The van der Waals surface area contributed by atoms with E-state index in [-0.39, 0.29) is 5.82 Å². The highest BCUT2D eigenvalue weighted by Gasteiger charge is 2.06. The maximum atomic E-state index is 13.0. The van der Waals surface area contributed by atoms with Crippen LogP contribution in [0.4, 0.5) is 16.2 Å². The molecule has 3 rings (SSSR count). The van der Waals surface area contributed by atoms with Crippen molar-refractivity contribution in [2.24, 2.45) is 0 Å². The number of hydrogen-bond acceptors (Lipinski definition) is 4. The molecule has 0 atom stereocenters. The predicted molar refractivity (Wildman–Crippen MR) is 100.0 cm³/mol. The average molecular weight is 336 g/mol. The highest BCUT2D eigenvalue weighted by Crippen LogP contribution is 2.21. The second kappa shape index (κ2) is 8.24. The summed E-state index contributed by atoms with van der Waals surface area (Å²) >= 11 is 0. The Morgan fingerprint density at radius 2 is 1.68 bits per heavy atom. The highest BCUT2D eigenvalue weighted by atomic mass is 19.1. The summed E-state index contributed by atoms with van der Waals surface area (Å²) in [4.78, 5) is 9.13. The Hall–Kier alpha value is -2.95. The van der Waals surface area contributed by atoms with E-state index in [0.29, 0.717) is 12.5 Å². The summed E-state index contributed by atoms with van der Waals surface area (Å²) in [6, 6.07) is 18.4. The van der Waals surface area contributed by atoms with E-state index in [1.54, 1.807) is 12.1 Å². The Bertz CT molecular complexity index is 804. The number of benzene rings is 2. The van der Waals surface area contributed by atoms with E-state index < -0.39 is 0 Å². The van der Waals surface area contributed by atoms with E-state index in [2.05, 4.69) is 27.5 Å². The molecule has 1 heterocycles. The van der Waals surface area contributed by atoms with E-state index in [4.69, 9.17) is 0 Å². The molecule has 2 aromatic carbocycles. The predicted octanol–water partition coefficient (Wildman–Crippen LogP) is 4.72. The maximum Gasteiger partial charge on any atom is 0.225 e. The molecule has 0 saturated carbocycles. The zero-order valence-corrected chi connectivity index (χ0v) is 14.2. The number of halogens is 1. The van der Waals surface area contributed by atoms with Gasteiger partial charge in [-0.2, -0.15) is 4.98 Å². The fourth-order valence-corrected chi connectivity index (χ4v) is 2.41. The van der Waals surface area contributed by atoms with E-state index >= 15 is 0 Å². The minimum Gasteiger partial charge on any atom is -0.370 e. The second-order valence-electron chi connectivity index (χ2n) is 5.73. The molecule has 0 spiro atoms. The summed E-state index contributed by atoms with van der Waals surface area (Å²) < 4.78 is 13.0. The van der Waals surface area contributed by atoms with Crippen LogP contribution in [0, 0.1) is 5.82 Å². The molecule has 0 amide bonds. The number of nitrogens with zero attached hydrogens (tertiary/aromatic N) is 2. The van der Waals surface area contributed by atoms with Gasteiger partial charge < -0.3 is 10.6 Å². The maximum absolute atomic E-state index is 13.0. The number of rotatable bonds is 7. The molecule has 0 fully saturated rings. The first-order valence-electron chi connectivity index (χ1n) is 8.41. The Balaban J connectivity index is 1.82. The third-order valence-corrected chi connectivity index (χ3v) is 3.72. The van der Waals surface area contributed by atoms with Gasteiger partial charge in [0.05, 0.1) is 5.69 Å². The second-order valence-corrected chi connectivity index (χ2v) is 5.73. The molecule has 1 aromatic heterocycles. The topological polar surface area (TPSA) is 49.8 Å². The average Bonchev–Trinajstić information content (AvgIpc) is 2.66. The van der Waals surface area contributed by atoms with Crippen LogP contribution in [0.3, 0.4) is 0 Å². The summed E-state index contributed by atoms with van der Waals surface area (Å²) in [5.41, 5.74) is 2.86. The summed E-state index contributed by atoms with van der Waals surface area (Å²) in [5.74, 6) is 1.10. The van der Waals surface area contributed by atoms with Crippen LogP contribution in [0.15, 0.2) is 60.7 Å². The normalized spacial score (nSPS) is 10.5. The first kappa shape index (κ1) is 16.9. The smallest absolute Gasteiger partial charge is 0.225 e. The summed E-state index contributed by atoms with van der Waals surface area (Å²) in [7, 11) is 0. The largest absolute Gasteiger partial charge is 0.370 e. The van der Waals surface area contributed by atoms with Gasteiger partial charge in [-0.3, -0.25) is 0 Å². The first-order chi connectivity index (χ1) is 12.2. The van der Waals surface area contributed by atoms with Crippen LogP contribution in [0.25, 0.3) is 11.3 Å². The molecule has 0 unspecified atom stereocenters. The molecular formula is C20H21FN4. The van der Waals surface area contributed by atoms with Crippen molar-refractivity contribution in [1.82, 2.24) is 9.97 Å². The van der Waals surface area contributed by atoms with Crippen LogP contribution in [0.2, 0.25) is 0 Å². The van der Waals surface area contributed by atoms with Crippen molar-refractivity contribution in [3.05, 3.63) is 72.0 Å². The molecule has 2 N–H and O–H groups in total. The molecule has 0 bridgehead atoms. The molecule has 4 nitrogen and oxygen atoms in total. The molecule has 0 radical (unpaired) electrons. The summed E-state index contributed by atoms with van der Waals surface area (Å²) in [6.07, 6.45) is 1.02.